The Morgan fingerprint density at radius 1 is 0.967 bits per heavy atom. The number of ketones is 1. The number of benzene rings is 1. The molecule has 2 rings (SSSR count). The Kier molecular flexibility index (Phi) is 6.95. The van der Waals surface area contributed by atoms with Crippen molar-refractivity contribution in [3.8, 4) is 0 Å². The number of hydrogen-bond donors (Lipinski definition) is 1. The molecule has 0 aliphatic heterocycles. The number of rotatable bonds is 3. The van der Waals surface area contributed by atoms with Crippen molar-refractivity contribution in [3.63, 3.8) is 0 Å². The molecule has 2 atom stereocenters. The van der Waals surface area contributed by atoms with Crippen molar-refractivity contribution in [3.05, 3.63) is 47.5 Å². The molecule has 164 valence electrons. The number of carbonyl (C=O) groups is 3. The van der Waals surface area contributed by atoms with Gasteiger partial charge in [-0.3, -0.25) is 4.79 Å². The number of ether oxygens (including phenoxy) is 2. The van der Waals surface area contributed by atoms with Gasteiger partial charge in [-0.2, -0.15) is 0 Å². The van der Waals surface area contributed by atoms with Gasteiger partial charge in [0.1, 0.15) is 11.2 Å². The summed E-state index contributed by atoms with van der Waals surface area (Å²) >= 11 is 0. The summed E-state index contributed by atoms with van der Waals surface area (Å²) in [6.07, 6.45) is 2.46. The van der Waals surface area contributed by atoms with Crippen LogP contribution in [0.2, 0.25) is 0 Å². The highest BCUT2D eigenvalue weighted by molar-refractivity contribution is 6.00. The first kappa shape index (κ1) is 23.4. The van der Waals surface area contributed by atoms with E-state index in [0.717, 1.165) is 10.6 Å². The van der Waals surface area contributed by atoms with Crippen LogP contribution in [-0.2, 0) is 9.47 Å². The van der Waals surface area contributed by atoms with E-state index in [0.29, 0.717) is 12.0 Å². The van der Waals surface area contributed by atoms with Crippen molar-refractivity contribution in [2.45, 2.75) is 72.1 Å². The van der Waals surface area contributed by atoms with E-state index in [1.54, 1.807) is 59.8 Å². The Labute approximate surface area is 178 Å². The zero-order valence-electron chi connectivity index (χ0n) is 18.8. The second kappa shape index (κ2) is 8.90. The number of hydrogen-bond acceptors (Lipinski definition) is 5. The van der Waals surface area contributed by atoms with Gasteiger partial charge < -0.3 is 9.47 Å². The maximum atomic E-state index is 13.1. The smallest absolute Gasteiger partial charge is 0.429 e. The first-order chi connectivity index (χ1) is 13.8. The minimum atomic E-state index is -0.790. The van der Waals surface area contributed by atoms with Crippen molar-refractivity contribution in [2.24, 2.45) is 5.92 Å². The van der Waals surface area contributed by atoms with E-state index in [1.165, 1.54) is 0 Å². The fourth-order valence-electron chi connectivity index (χ4n) is 3.05. The predicted octanol–water partition coefficient (Wildman–Crippen LogP) is 4.80. The lowest BCUT2D eigenvalue weighted by atomic mass is 9.92. The Hall–Kier alpha value is -2.83. The van der Waals surface area contributed by atoms with Gasteiger partial charge in [-0.05, 0) is 54.9 Å². The van der Waals surface area contributed by atoms with E-state index < -0.39 is 35.3 Å². The zero-order valence-corrected chi connectivity index (χ0v) is 18.8. The fraction of sp³-hybridized carbons (Fsp3) is 0.522. The minimum absolute atomic E-state index is 0.131. The molecule has 0 unspecified atom stereocenters. The lowest BCUT2D eigenvalue weighted by Gasteiger charge is -2.34. The van der Waals surface area contributed by atoms with E-state index in [-0.39, 0.29) is 5.78 Å². The largest absolute Gasteiger partial charge is 0.443 e. The van der Waals surface area contributed by atoms with Gasteiger partial charge in [-0.1, -0.05) is 42.0 Å². The van der Waals surface area contributed by atoms with Crippen LogP contribution in [0.25, 0.3) is 0 Å². The van der Waals surface area contributed by atoms with Gasteiger partial charge in [0, 0.05) is 5.56 Å². The normalized spacial score (nSPS) is 18.6. The lowest BCUT2D eigenvalue weighted by molar-refractivity contribution is -0.0120. The van der Waals surface area contributed by atoms with Crippen LogP contribution in [0.15, 0.2) is 36.4 Å². The highest BCUT2D eigenvalue weighted by atomic mass is 16.6. The first-order valence-corrected chi connectivity index (χ1v) is 10.1. The molecule has 0 heterocycles. The van der Waals surface area contributed by atoms with Crippen LogP contribution in [0.1, 0.15) is 63.9 Å². The summed E-state index contributed by atoms with van der Waals surface area (Å²) in [4.78, 5) is 38.4. The molecule has 0 aromatic heterocycles. The van der Waals surface area contributed by atoms with Crippen molar-refractivity contribution >= 4 is 18.0 Å². The van der Waals surface area contributed by atoms with Crippen molar-refractivity contribution in [2.75, 3.05) is 0 Å². The van der Waals surface area contributed by atoms with Crippen LogP contribution in [-0.4, -0.2) is 40.2 Å². The van der Waals surface area contributed by atoms with Crippen molar-refractivity contribution < 1.29 is 23.9 Å². The average Bonchev–Trinajstić information content (AvgIpc) is 3.05. The van der Waals surface area contributed by atoms with Gasteiger partial charge in [-0.15, -0.1) is 0 Å². The monoisotopic (exact) mass is 416 g/mol. The molecule has 7 nitrogen and oxygen atoms in total. The van der Waals surface area contributed by atoms with Gasteiger partial charge in [-0.25, -0.2) is 20.0 Å². The van der Waals surface area contributed by atoms with E-state index in [4.69, 9.17) is 9.47 Å². The van der Waals surface area contributed by atoms with Gasteiger partial charge in [0.15, 0.2) is 5.78 Å². The third-order valence-corrected chi connectivity index (χ3v) is 4.31. The molecule has 0 saturated heterocycles. The molecule has 1 aliphatic rings. The highest BCUT2D eigenvalue weighted by Gasteiger charge is 2.40. The molecule has 0 fully saturated rings. The molecule has 0 radical (unpaired) electrons. The Bertz CT molecular complexity index is 815. The predicted molar refractivity (Wildman–Crippen MR) is 114 cm³/mol. The van der Waals surface area contributed by atoms with Gasteiger partial charge in [0.25, 0.3) is 0 Å². The number of nitrogens with one attached hydrogen (secondary N) is 1. The molecular weight excluding hydrogens is 384 g/mol. The zero-order chi connectivity index (χ0) is 22.7. The molecule has 1 aromatic carbocycles. The van der Waals surface area contributed by atoms with Gasteiger partial charge in [0.2, 0.25) is 0 Å². The van der Waals surface area contributed by atoms with E-state index in [1.807, 2.05) is 25.1 Å². The van der Waals surface area contributed by atoms with Crippen LogP contribution < -0.4 is 5.43 Å². The maximum absolute atomic E-state index is 13.1. The van der Waals surface area contributed by atoms with Crippen LogP contribution in [0, 0.1) is 12.8 Å². The quantitative estimate of drug-likeness (QED) is 0.435. The second-order valence-electron chi connectivity index (χ2n) is 9.45. The van der Waals surface area contributed by atoms with E-state index >= 15 is 0 Å². The standard InChI is InChI=1S/C23H32N2O5/c1-15-11-13-16(14-12-15)19(26)17-9-8-10-18(17)25(21(28)30-23(5,6)7)24-20(27)29-22(2,3)4/h8-9,11-14,17-18H,10H2,1-7H3,(H,24,27)/t17-,18-/m0/s1. The summed E-state index contributed by atoms with van der Waals surface area (Å²) in [6.45, 7) is 12.3. The van der Waals surface area contributed by atoms with Gasteiger partial charge in [0.05, 0.1) is 12.0 Å². The summed E-state index contributed by atoms with van der Waals surface area (Å²) in [5.41, 5.74) is 2.57. The molecule has 0 bridgehead atoms. The molecule has 1 N–H and O–H groups in total. The number of hydrazine groups is 1. The molecule has 1 aliphatic carbocycles. The molecule has 2 amide bonds. The number of Topliss-reactive ketones (excluding diaryl/α,β-unsaturated/α-hetero) is 1. The minimum Gasteiger partial charge on any atom is -0.443 e. The van der Waals surface area contributed by atoms with Crippen molar-refractivity contribution in [1.82, 2.24) is 10.4 Å². The van der Waals surface area contributed by atoms with E-state index in [2.05, 4.69) is 5.43 Å². The lowest BCUT2D eigenvalue weighted by Crippen LogP contribution is -2.56. The molecule has 0 saturated carbocycles. The number of amides is 2. The summed E-state index contributed by atoms with van der Waals surface area (Å²) < 4.78 is 10.8. The number of carbonyl (C=O) groups excluding carboxylic acids is 3. The second-order valence-corrected chi connectivity index (χ2v) is 9.45. The topological polar surface area (TPSA) is 84.9 Å². The van der Waals surface area contributed by atoms with Crippen LogP contribution in [0.5, 0.6) is 0 Å². The van der Waals surface area contributed by atoms with E-state index in [9.17, 15) is 14.4 Å². The third-order valence-electron chi connectivity index (χ3n) is 4.31. The van der Waals surface area contributed by atoms with Crippen LogP contribution in [0.3, 0.4) is 0 Å². The summed E-state index contributed by atoms with van der Waals surface area (Å²) in [6, 6.07) is 6.64. The van der Waals surface area contributed by atoms with Crippen LogP contribution in [0.4, 0.5) is 9.59 Å². The average molecular weight is 417 g/mol. The summed E-state index contributed by atoms with van der Waals surface area (Å²) in [5, 5.41) is 1.08. The first-order valence-electron chi connectivity index (χ1n) is 10.1. The molecule has 30 heavy (non-hydrogen) atoms. The van der Waals surface area contributed by atoms with Gasteiger partial charge >= 0.3 is 12.2 Å². The Morgan fingerprint density at radius 2 is 1.53 bits per heavy atom. The number of aryl methyl sites for hydroxylation is 1. The Morgan fingerprint density at radius 3 is 2.07 bits per heavy atom. The molecule has 7 heteroatoms. The Balaban J connectivity index is 2.28. The maximum Gasteiger partial charge on any atom is 0.429 e. The number of nitrogens with zero attached hydrogens (tertiary/aromatic N) is 1. The molecular formula is C23H32N2O5. The SMILES string of the molecule is Cc1ccc(C(=O)[C@H]2C=CC[C@@H]2N(NC(=O)OC(C)(C)C)C(=O)OC(C)(C)C)cc1. The van der Waals surface area contributed by atoms with Crippen molar-refractivity contribution in [1.29, 1.82) is 0 Å². The summed E-state index contributed by atoms with van der Waals surface area (Å²) in [5.74, 6) is -0.747. The summed E-state index contributed by atoms with van der Waals surface area (Å²) in [7, 11) is 0. The molecule has 0 spiro atoms. The third kappa shape index (κ3) is 6.61. The highest BCUT2D eigenvalue weighted by Crippen LogP contribution is 2.28. The fourth-order valence-corrected chi connectivity index (χ4v) is 3.05. The molecule has 1 aromatic rings. The van der Waals surface area contributed by atoms with Crippen LogP contribution >= 0.6 is 0 Å².